The molecule has 15 heteroatoms. The van der Waals surface area contributed by atoms with Gasteiger partial charge in [-0.25, -0.2) is 15.0 Å². The first-order valence-electron chi connectivity index (χ1n) is 19.5. The summed E-state index contributed by atoms with van der Waals surface area (Å²) in [6.07, 6.45) is 10.9. The van der Waals surface area contributed by atoms with Crippen LogP contribution in [0, 0.1) is 12.8 Å². The number of hydrogen-bond acceptors (Lipinski definition) is 12. The maximum absolute atomic E-state index is 14.0. The SMILES string of the molecule is CCOC(=O)CCN(C)CCSNC(=O)c1nc(N2CCc3cccc(C(=O)Nc4nc5cccnc5s4)c3C2)ccc1-c1cnn(CC2CCCCC2)c1C. The standard InChI is InChI=1S/C41H49N9O4S2/c1-4-54-36(51)18-20-48(3)22-23-55-47-39(53)37-30(32-24-43-50(27(32)2)25-28-10-6-5-7-11-28)15-16-35(45-37)49-21-17-29-12-8-13-31(33(29)26-49)38(52)46-41-44-34-14-9-19-42-40(34)56-41/h8-9,12-16,19,24,28H,4-7,10-11,17-18,20-23,25-26H2,1-3H3,(H,47,53)(H,44,46,52). The highest BCUT2D eigenvalue weighted by atomic mass is 32.2. The molecule has 4 aromatic heterocycles. The number of pyridine rings is 2. The Hall–Kier alpha value is -4.86. The Bertz CT molecular complexity index is 2150. The number of esters is 1. The molecule has 7 rings (SSSR count). The molecule has 0 saturated heterocycles. The van der Waals surface area contributed by atoms with E-state index in [1.165, 1.54) is 55.4 Å². The van der Waals surface area contributed by atoms with Crippen molar-refractivity contribution in [2.75, 3.05) is 49.3 Å². The molecule has 56 heavy (non-hydrogen) atoms. The Morgan fingerprint density at radius 1 is 1.02 bits per heavy atom. The monoisotopic (exact) mass is 795 g/mol. The molecule has 5 aromatic rings. The number of anilines is 2. The van der Waals surface area contributed by atoms with Gasteiger partial charge in [0.1, 0.15) is 21.9 Å². The van der Waals surface area contributed by atoms with Crippen LogP contribution in [0.1, 0.15) is 83.1 Å². The van der Waals surface area contributed by atoms with Gasteiger partial charge in [-0.3, -0.25) is 29.1 Å². The van der Waals surface area contributed by atoms with Gasteiger partial charge in [-0.1, -0.05) is 42.7 Å². The fraction of sp³-hybridized carbons (Fsp3) is 0.439. The number of nitrogens with zero attached hydrogens (tertiary/aromatic N) is 7. The van der Waals surface area contributed by atoms with Crippen LogP contribution in [0.3, 0.4) is 0 Å². The number of thiazole rings is 1. The Morgan fingerprint density at radius 2 is 1.88 bits per heavy atom. The van der Waals surface area contributed by atoms with Crippen LogP contribution < -0.4 is 14.9 Å². The van der Waals surface area contributed by atoms with Gasteiger partial charge in [0.2, 0.25) is 0 Å². The van der Waals surface area contributed by atoms with Crippen LogP contribution in [0.2, 0.25) is 0 Å². The van der Waals surface area contributed by atoms with E-state index in [0.717, 1.165) is 51.3 Å². The molecule has 2 N–H and O–H groups in total. The fourth-order valence-corrected chi connectivity index (χ4v) is 9.03. The van der Waals surface area contributed by atoms with Crippen molar-refractivity contribution in [3.05, 3.63) is 82.9 Å². The minimum atomic E-state index is -0.289. The van der Waals surface area contributed by atoms with Gasteiger partial charge >= 0.3 is 5.97 Å². The second-order valence-electron chi connectivity index (χ2n) is 14.4. The molecule has 0 bridgehead atoms. The lowest BCUT2D eigenvalue weighted by Gasteiger charge is -2.31. The molecular formula is C41H49N9O4S2. The van der Waals surface area contributed by atoms with Crippen LogP contribution in [0.4, 0.5) is 10.9 Å². The summed E-state index contributed by atoms with van der Waals surface area (Å²) in [5.74, 6) is 1.17. The first-order valence-corrected chi connectivity index (χ1v) is 21.3. The Kier molecular flexibility index (Phi) is 12.9. The van der Waals surface area contributed by atoms with Crippen LogP contribution in [-0.2, 0) is 29.0 Å². The number of benzene rings is 1. The predicted molar refractivity (Wildman–Crippen MR) is 222 cm³/mol. The van der Waals surface area contributed by atoms with E-state index in [-0.39, 0.29) is 17.8 Å². The van der Waals surface area contributed by atoms with Gasteiger partial charge < -0.3 is 14.5 Å². The summed E-state index contributed by atoms with van der Waals surface area (Å²) < 4.78 is 10.2. The number of amides is 2. The van der Waals surface area contributed by atoms with E-state index >= 15 is 0 Å². The van der Waals surface area contributed by atoms with Crippen molar-refractivity contribution in [2.24, 2.45) is 5.92 Å². The van der Waals surface area contributed by atoms with Crippen LogP contribution in [0.15, 0.2) is 54.9 Å². The van der Waals surface area contributed by atoms with Crippen LogP contribution >= 0.6 is 23.3 Å². The molecule has 1 aliphatic heterocycles. The quantitative estimate of drug-likeness (QED) is 0.0647. The van der Waals surface area contributed by atoms with E-state index < -0.39 is 0 Å². The second-order valence-corrected chi connectivity index (χ2v) is 16.3. The van der Waals surface area contributed by atoms with Crippen molar-refractivity contribution < 1.29 is 19.1 Å². The summed E-state index contributed by atoms with van der Waals surface area (Å²) in [5.41, 5.74) is 6.32. The molecule has 1 aliphatic carbocycles. The van der Waals surface area contributed by atoms with Crippen LogP contribution in [-0.4, -0.2) is 86.5 Å². The Balaban J connectivity index is 1.10. The van der Waals surface area contributed by atoms with E-state index in [1.54, 1.807) is 13.1 Å². The van der Waals surface area contributed by atoms with Crippen LogP contribution in [0.5, 0.6) is 0 Å². The third-order valence-corrected chi connectivity index (χ3v) is 12.2. The molecule has 0 radical (unpaired) electrons. The fourth-order valence-electron chi connectivity index (χ4n) is 7.50. The van der Waals surface area contributed by atoms with E-state index in [0.29, 0.717) is 73.1 Å². The molecule has 13 nitrogen and oxygen atoms in total. The lowest BCUT2D eigenvalue weighted by Crippen LogP contribution is -2.33. The summed E-state index contributed by atoms with van der Waals surface area (Å²) in [6, 6.07) is 13.5. The third kappa shape index (κ3) is 9.39. The number of rotatable bonds is 15. The highest BCUT2D eigenvalue weighted by Crippen LogP contribution is 2.33. The summed E-state index contributed by atoms with van der Waals surface area (Å²) in [4.78, 5) is 58.4. The number of nitrogens with one attached hydrogen (secondary N) is 2. The third-order valence-electron chi connectivity index (χ3n) is 10.6. The highest BCUT2D eigenvalue weighted by Gasteiger charge is 2.27. The number of fused-ring (bicyclic) bond motifs is 2. The zero-order valence-electron chi connectivity index (χ0n) is 32.3. The molecular weight excluding hydrogens is 747 g/mol. The maximum atomic E-state index is 14.0. The number of aromatic nitrogens is 5. The molecule has 294 valence electrons. The normalized spacial score (nSPS) is 14.5. The first-order chi connectivity index (χ1) is 27.3. The molecule has 1 fully saturated rings. The molecule has 0 unspecified atom stereocenters. The van der Waals surface area contributed by atoms with Crippen LogP contribution in [0.25, 0.3) is 21.5 Å². The minimum Gasteiger partial charge on any atom is -0.466 e. The van der Waals surface area contributed by atoms with Gasteiger partial charge in [-0.2, -0.15) is 5.10 Å². The molecule has 1 aromatic carbocycles. The lowest BCUT2D eigenvalue weighted by atomic mass is 9.89. The minimum absolute atomic E-state index is 0.213. The lowest BCUT2D eigenvalue weighted by molar-refractivity contribution is -0.143. The first kappa shape index (κ1) is 39.4. The zero-order valence-corrected chi connectivity index (χ0v) is 33.9. The second kappa shape index (κ2) is 18.4. The van der Waals surface area contributed by atoms with Gasteiger partial charge in [-0.05, 0) is 99.5 Å². The molecule has 2 aliphatic rings. The van der Waals surface area contributed by atoms with Gasteiger partial charge in [-0.15, -0.1) is 0 Å². The van der Waals surface area contributed by atoms with Crippen molar-refractivity contribution in [3.63, 3.8) is 0 Å². The summed E-state index contributed by atoms with van der Waals surface area (Å²) in [5, 5.41) is 8.28. The van der Waals surface area contributed by atoms with E-state index in [1.807, 2.05) is 54.5 Å². The highest BCUT2D eigenvalue weighted by molar-refractivity contribution is 7.97. The Labute approximate surface area is 335 Å². The van der Waals surface area contributed by atoms with Crippen molar-refractivity contribution in [1.29, 1.82) is 0 Å². The average molecular weight is 796 g/mol. The van der Waals surface area contributed by atoms with Crippen molar-refractivity contribution in [2.45, 2.75) is 71.9 Å². The summed E-state index contributed by atoms with van der Waals surface area (Å²) >= 11 is 2.66. The van der Waals surface area contributed by atoms with Gasteiger partial charge in [0.25, 0.3) is 11.8 Å². The molecule has 5 heterocycles. The summed E-state index contributed by atoms with van der Waals surface area (Å²) in [7, 11) is 1.95. The van der Waals surface area contributed by atoms with E-state index in [4.69, 9.17) is 14.8 Å². The Morgan fingerprint density at radius 3 is 2.70 bits per heavy atom. The maximum Gasteiger partial charge on any atom is 0.307 e. The smallest absolute Gasteiger partial charge is 0.307 e. The van der Waals surface area contributed by atoms with Crippen molar-refractivity contribution in [1.82, 2.24) is 34.4 Å². The molecule has 1 saturated carbocycles. The molecule has 0 spiro atoms. The number of carbonyl (C=O) groups is 3. The van der Waals surface area contributed by atoms with Gasteiger partial charge in [0.15, 0.2) is 5.13 Å². The predicted octanol–water partition coefficient (Wildman–Crippen LogP) is 6.92. The van der Waals surface area contributed by atoms with E-state index in [9.17, 15) is 14.4 Å². The largest absolute Gasteiger partial charge is 0.466 e. The summed E-state index contributed by atoms with van der Waals surface area (Å²) in [6.45, 7) is 7.51. The molecule has 0 atom stereocenters. The molecule has 2 amide bonds. The average Bonchev–Trinajstić information content (AvgIpc) is 3.80. The van der Waals surface area contributed by atoms with Gasteiger partial charge in [0.05, 0.1) is 19.2 Å². The van der Waals surface area contributed by atoms with Crippen molar-refractivity contribution >= 4 is 62.4 Å². The zero-order chi connectivity index (χ0) is 39.0. The van der Waals surface area contributed by atoms with Gasteiger partial charge in [0, 0.05) is 67.1 Å². The van der Waals surface area contributed by atoms with Crippen molar-refractivity contribution in [3.8, 4) is 11.1 Å². The number of hydrogen-bond donors (Lipinski definition) is 2. The number of ether oxygens (including phenoxy) is 1. The van der Waals surface area contributed by atoms with E-state index in [2.05, 4.69) is 42.6 Å². The number of carbonyl (C=O) groups excluding carboxylic acids is 3. The topological polar surface area (TPSA) is 147 Å².